The second kappa shape index (κ2) is 5.64. The first kappa shape index (κ1) is 13.9. The molecule has 3 N–H and O–H groups in total. The van der Waals surface area contributed by atoms with Crippen LogP contribution in [0.15, 0.2) is 12.1 Å². The number of nitrogens with two attached hydrogens (primary N) is 1. The number of rotatable bonds is 3. The average Bonchev–Trinajstić information content (AvgIpc) is 2.38. The van der Waals surface area contributed by atoms with Gasteiger partial charge in [-0.05, 0) is 31.7 Å². The van der Waals surface area contributed by atoms with Crippen LogP contribution in [-0.2, 0) is 6.18 Å². The van der Waals surface area contributed by atoms with Crippen LogP contribution in [0.4, 0.5) is 19.0 Å². The maximum absolute atomic E-state index is 12.7. The molecular weight excluding hydrogens is 259 g/mol. The number of nitrogens with zero attached hydrogens (tertiary/aromatic N) is 1. The van der Waals surface area contributed by atoms with E-state index in [9.17, 15) is 13.2 Å². The summed E-state index contributed by atoms with van der Waals surface area (Å²) in [5, 5.41) is 0. The van der Waals surface area contributed by atoms with Crippen molar-refractivity contribution in [1.82, 2.24) is 4.98 Å². The molecule has 0 bridgehead atoms. The molecular formula is C12H16F3N3O. The average molecular weight is 275 g/mol. The van der Waals surface area contributed by atoms with Crippen molar-refractivity contribution in [3.05, 3.63) is 17.7 Å². The lowest BCUT2D eigenvalue weighted by atomic mass is 9.98. The molecule has 1 aliphatic rings. The van der Waals surface area contributed by atoms with Gasteiger partial charge in [-0.25, -0.2) is 5.84 Å². The molecule has 0 saturated heterocycles. The maximum Gasteiger partial charge on any atom is 0.416 e. The summed E-state index contributed by atoms with van der Waals surface area (Å²) in [6.45, 7) is 0. The number of ether oxygens (including phenoxy) is 1. The number of halogens is 3. The zero-order valence-electron chi connectivity index (χ0n) is 10.3. The molecule has 0 amide bonds. The summed E-state index contributed by atoms with van der Waals surface area (Å²) in [6, 6.07) is 1.77. The molecule has 0 radical (unpaired) electrons. The van der Waals surface area contributed by atoms with Crippen molar-refractivity contribution in [2.75, 3.05) is 5.43 Å². The molecule has 1 aromatic heterocycles. The van der Waals surface area contributed by atoms with Gasteiger partial charge in [0.05, 0.1) is 5.56 Å². The Morgan fingerprint density at radius 1 is 1.21 bits per heavy atom. The molecule has 1 fully saturated rings. The molecule has 0 unspecified atom stereocenters. The van der Waals surface area contributed by atoms with Gasteiger partial charge in [0.1, 0.15) is 11.9 Å². The van der Waals surface area contributed by atoms with Crippen LogP contribution in [0.1, 0.15) is 37.7 Å². The third-order valence-corrected chi connectivity index (χ3v) is 3.12. The van der Waals surface area contributed by atoms with E-state index in [1.54, 1.807) is 0 Å². The fourth-order valence-electron chi connectivity index (χ4n) is 2.16. The Kier molecular flexibility index (Phi) is 4.14. The molecule has 1 heterocycles. The Morgan fingerprint density at radius 2 is 1.89 bits per heavy atom. The van der Waals surface area contributed by atoms with Crippen molar-refractivity contribution >= 4 is 5.82 Å². The van der Waals surface area contributed by atoms with Crippen molar-refractivity contribution in [1.29, 1.82) is 0 Å². The van der Waals surface area contributed by atoms with Crippen LogP contribution in [0, 0.1) is 0 Å². The van der Waals surface area contributed by atoms with E-state index in [1.807, 2.05) is 0 Å². The van der Waals surface area contributed by atoms with Crippen LogP contribution in [0.2, 0.25) is 0 Å². The molecule has 0 spiro atoms. The van der Waals surface area contributed by atoms with Gasteiger partial charge in [-0.15, -0.1) is 0 Å². The van der Waals surface area contributed by atoms with Crippen molar-refractivity contribution in [2.24, 2.45) is 5.84 Å². The molecule has 0 aromatic carbocycles. The lowest BCUT2D eigenvalue weighted by molar-refractivity contribution is -0.137. The number of hydrazine groups is 1. The quantitative estimate of drug-likeness (QED) is 0.657. The fraction of sp³-hybridized carbons (Fsp3) is 0.583. The van der Waals surface area contributed by atoms with E-state index in [0.29, 0.717) is 0 Å². The van der Waals surface area contributed by atoms with Crippen LogP contribution in [0.3, 0.4) is 0 Å². The summed E-state index contributed by atoms with van der Waals surface area (Å²) >= 11 is 0. The summed E-state index contributed by atoms with van der Waals surface area (Å²) in [5.74, 6) is 5.04. The molecule has 2 rings (SSSR count). The Labute approximate surface area is 109 Å². The summed E-state index contributed by atoms with van der Waals surface area (Å²) in [6.07, 6.45) is 0.407. The third-order valence-electron chi connectivity index (χ3n) is 3.12. The Hall–Kier alpha value is -1.50. The summed E-state index contributed by atoms with van der Waals surface area (Å²) < 4.78 is 43.7. The van der Waals surface area contributed by atoms with Crippen molar-refractivity contribution in [2.45, 2.75) is 44.4 Å². The minimum absolute atomic E-state index is 0.0327. The second-order valence-corrected chi connectivity index (χ2v) is 4.60. The van der Waals surface area contributed by atoms with Crippen LogP contribution < -0.4 is 16.0 Å². The van der Waals surface area contributed by atoms with E-state index in [-0.39, 0.29) is 17.8 Å². The number of hydrogen-bond donors (Lipinski definition) is 2. The lowest BCUT2D eigenvalue weighted by Gasteiger charge is -2.23. The molecule has 0 atom stereocenters. The van der Waals surface area contributed by atoms with Crippen molar-refractivity contribution in [3.63, 3.8) is 0 Å². The zero-order valence-corrected chi connectivity index (χ0v) is 10.3. The number of nitrogens with one attached hydrogen (secondary N) is 1. The van der Waals surface area contributed by atoms with E-state index in [1.165, 1.54) is 0 Å². The topological polar surface area (TPSA) is 60.2 Å². The number of nitrogen functional groups attached to an aromatic ring is 1. The Balaban J connectivity index is 2.19. The molecule has 1 saturated carbocycles. The first-order chi connectivity index (χ1) is 8.99. The fourth-order valence-corrected chi connectivity index (χ4v) is 2.16. The van der Waals surface area contributed by atoms with Gasteiger partial charge in [0.25, 0.3) is 0 Å². The highest BCUT2D eigenvalue weighted by Crippen LogP contribution is 2.33. The van der Waals surface area contributed by atoms with Crippen LogP contribution in [0.5, 0.6) is 5.88 Å². The Morgan fingerprint density at radius 3 is 2.47 bits per heavy atom. The van der Waals surface area contributed by atoms with Crippen LogP contribution in [-0.4, -0.2) is 11.1 Å². The smallest absolute Gasteiger partial charge is 0.416 e. The molecule has 0 aliphatic heterocycles. The van der Waals surface area contributed by atoms with Gasteiger partial charge < -0.3 is 10.2 Å². The maximum atomic E-state index is 12.7. The lowest BCUT2D eigenvalue weighted by Crippen LogP contribution is -2.21. The van der Waals surface area contributed by atoms with Gasteiger partial charge in [0.15, 0.2) is 0 Å². The van der Waals surface area contributed by atoms with E-state index in [2.05, 4.69) is 10.4 Å². The number of anilines is 1. The van der Waals surface area contributed by atoms with Crippen LogP contribution in [0.25, 0.3) is 0 Å². The molecule has 1 aliphatic carbocycles. The summed E-state index contributed by atoms with van der Waals surface area (Å²) in [7, 11) is 0. The summed E-state index contributed by atoms with van der Waals surface area (Å²) in [4.78, 5) is 3.90. The Bertz CT molecular complexity index is 431. The molecule has 1 aromatic rings. The first-order valence-electron chi connectivity index (χ1n) is 6.21. The second-order valence-electron chi connectivity index (χ2n) is 4.60. The zero-order chi connectivity index (χ0) is 13.9. The van der Waals surface area contributed by atoms with E-state index >= 15 is 0 Å². The van der Waals surface area contributed by atoms with Crippen molar-refractivity contribution < 1.29 is 17.9 Å². The molecule has 4 nitrogen and oxygen atoms in total. The van der Waals surface area contributed by atoms with Crippen molar-refractivity contribution in [3.8, 4) is 5.88 Å². The first-order valence-corrected chi connectivity index (χ1v) is 6.21. The standard InChI is InChI=1S/C12H16F3N3O/c13-12(14,15)8-6-10(18-16)17-11(7-8)19-9-4-2-1-3-5-9/h6-7,9H,1-5,16H2,(H,17,18). The van der Waals surface area contributed by atoms with Crippen LogP contribution >= 0.6 is 0 Å². The van der Waals surface area contributed by atoms with Gasteiger partial charge in [-0.2, -0.15) is 18.2 Å². The number of hydrogen-bond acceptors (Lipinski definition) is 4. The summed E-state index contributed by atoms with van der Waals surface area (Å²) in [5.41, 5.74) is 1.31. The van der Waals surface area contributed by atoms with Gasteiger partial charge >= 0.3 is 6.18 Å². The third kappa shape index (κ3) is 3.73. The number of pyridine rings is 1. The highest BCUT2D eigenvalue weighted by molar-refractivity contribution is 5.41. The largest absolute Gasteiger partial charge is 0.474 e. The van der Waals surface area contributed by atoms with Gasteiger partial charge in [-0.1, -0.05) is 6.42 Å². The normalized spacial score (nSPS) is 17.3. The molecule has 7 heteroatoms. The molecule has 19 heavy (non-hydrogen) atoms. The number of alkyl halides is 3. The predicted octanol–water partition coefficient (Wildman–Crippen LogP) is 3.10. The highest BCUT2D eigenvalue weighted by atomic mass is 19.4. The van der Waals surface area contributed by atoms with Gasteiger partial charge in [0.2, 0.25) is 5.88 Å². The molecule has 106 valence electrons. The van der Waals surface area contributed by atoms with Gasteiger partial charge in [0, 0.05) is 6.07 Å². The monoisotopic (exact) mass is 275 g/mol. The SMILES string of the molecule is NNc1cc(C(F)(F)F)cc(OC2CCCCC2)n1. The number of aromatic nitrogens is 1. The minimum Gasteiger partial charge on any atom is -0.474 e. The minimum atomic E-state index is -4.45. The highest BCUT2D eigenvalue weighted by Gasteiger charge is 2.32. The van der Waals surface area contributed by atoms with E-state index < -0.39 is 11.7 Å². The van der Waals surface area contributed by atoms with E-state index in [0.717, 1.165) is 44.2 Å². The van der Waals surface area contributed by atoms with Gasteiger partial charge in [-0.3, -0.25) is 0 Å². The predicted molar refractivity (Wildman–Crippen MR) is 64.6 cm³/mol. The van der Waals surface area contributed by atoms with E-state index in [4.69, 9.17) is 10.6 Å².